The summed E-state index contributed by atoms with van der Waals surface area (Å²) in [5.41, 5.74) is 4.08. The van der Waals surface area contributed by atoms with E-state index in [1.807, 2.05) is 31.2 Å². The van der Waals surface area contributed by atoms with Crippen LogP contribution >= 0.6 is 11.6 Å². The van der Waals surface area contributed by atoms with E-state index in [0.29, 0.717) is 18.2 Å². The molecule has 6 nitrogen and oxygen atoms in total. The monoisotopic (exact) mass is 385 g/mol. The number of hydrogen-bond acceptors (Lipinski definition) is 4. The lowest BCUT2D eigenvalue weighted by atomic mass is 10.1. The highest BCUT2D eigenvalue weighted by Gasteiger charge is 2.35. The number of rotatable bonds is 6. The molecule has 7 heteroatoms. The Morgan fingerprint density at radius 1 is 1.26 bits per heavy atom. The van der Waals surface area contributed by atoms with Gasteiger partial charge in [0.1, 0.15) is 5.75 Å². The Labute approximate surface area is 162 Å². The van der Waals surface area contributed by atoms with E-state index in [4.69, 9.17) is 16.3 Å². The topological polar surface area (TPSA) is 71.0 Å². The van der Waals surface area contributed by atoms with E-state index in [-0.39, 0.29) is 18.2 Å². The summed E-state index contributed by atoms with van der Waals surface area (Å²) < 4.78 is 5.38. The zero-order valence-electron chi connectivity index (χ0n) is 14.9. The van der Waals surface area contributed by atoms with Crippen molar-refractivity contribution in [3.63, 3.8) is 0 Å². The first kappa shape index (κ1) is 18.9. The van der Waals surface area contributed by atoms with E-state index in [1.54, 1.807) is 35.4 Å². The third-order valence-electron chi connectivity index (χ3n) is 4.21. The Hall–Kier alpha value is -2.86. The smallest absolute Gasteiger partial charge is 0.245 e. The molecule has 0 radical (unpaired) electrons. The van der Waals surface area contributed by atoms with Gasteiger partial charge in [-0.05, 0) is 61.0 Å². The maximum Gasteiger partial charge on any atom is 0.245 e. The fourth-order valence-electron chi connectivity index (χ4n) is 2.83. The fourth-order valence-corrected chi connectivity index (χ4v) is 2.96. The molecule has 3 rings (SSSR count). The SMILES string of the molecule is CCOc1ccc(/C=N\NC(=O)[C@H]2CC(=O)N(c3ccc(Cl)cc3)C2)cc1. The predicted molar refractivity (Wildman–Crippen MR) is 105 cm³/mol. The molecule has 1 atom stereocenters. The molecule has 27 heavy (non-hydrogen) atoms. The van der Waals surface area contributed by atoms with Crippen molar-refractivity contribution in [3.05, 3.63) is 59.1 Å². The first-order valence-corrected chi connectivity index (χ1v) is 9.06. The Morgan fingerprint density at radius 2 is 1.96 bits per heavy atom. The molecule has 1 N–H and O–H groups in total. The largest absolute Gasteiger partial charge is 0.494 e. The van der Waals surface area contributed by atoms with Gasteiger partial charge in [-0.3, -0.25) is 9.59 Å². The van der Waals surface area contributed by atoms with Gasteiger partial charge in [0.15, 0.2) is 0 Å². The number of nitrogens with zero attached hydrogens (tertiary/aromatic N) is 2. The highest BCUT2D eigenvalue weighted by atomic mass is 35.5. The molecular formula is C20H20ClN3O3. The number of carbonyl (C=O) groups excluding carboxylic acids is 2. The summed E-state index contributed by atoms with van der Waals surface area (Å²) in [7, 11) is 0. The Morgan fingerprint density at radius 3 is 2.63 bits per heavy atom. The molecule has 140 valence electrons. The Bertz CT molecular complexity index is 835. The summed E-state index contributed by atoms with van der Waals surface area (Å²) in [6.07, 6.45) is 1.72. The second-order valence-electron chi connectivity index (χ2n) is 6.12. The van der Waals surface area contributed by atoms with Gasteiger partial charge in [0.25, 0.3) is 0 Å². The van der Waals surface area contributed by atoms with Crippen molar-refractivity contribution in [3.8, 4) is 5.75 Å². The van der Waals surface area contributed by atoms with Gasteiger partial charge in [-0.25, -0.2) is 5.43 Å². The van der Waals surface area contributed by atoms with Crippen LogP contribution in [0.1, 0.15) is 18.9 Å². The zero-order valence-corrected chi connectivity index (χ0v) is 15.6. The Kier molecular flexibility index (Phi) is 6.08. The van der Waals surface area contributed by atoms with Crippen LogP contribution in [-0.4, -0.2) is 31.2 Å². The quantitative estimate of drug-likeness (QED) is 0.613. The van der Waals surface area contributed by atoms with Crippen molar-refractivity contribution in [1.29, 1.82) is 0 Å². The molecule has 0 aromatic heterocycles. The summed E-state index contributed by atoms with van der Waals surface area (Å²) in [6, 6.07) is 14.4. The second-order valence-corrected chi connectivity index (χ2v) is 6.55. The van der Waals surface area contributed by atoms with Gasteiger partial charge >= 0.3 is 0 Å². The zero-order chi connectivity index (χ0) is 19.2. The van der Waals surface area contributed by atoms with Gasteiger partial charge in [-0.1, -0.05) is 11.6 Å². The molecular weight excluding hydrogens is 366 g/mol. The van der Waals surface area contributed by atoms with Crippen LogP contribution in [0.15, 0.2) is 53.6 Å². The number of hydrogen-bond donors (Lipinski definition) is 1. The maximum atomic E-state index is 12.3. The lowest BCUT2D eigenvalue weighted by Crippen LogP contribution is -2.30. The van der Waals surface area contributed by atoms with Crippen LogP contribution < -0.4 is 15.1 Å². The highest BCUT2D eigenvalue weighted by molar-refractivity contribution is 6.30. The molecule has 2 aromatic rings. The number of ether oxygens (including phenoxy) is 1. The lowest BCUT2D eigenvalue weighted by Gasteiger charge is -2.16. The number of hydrazone groups is 1. The van der Waals surface area contributed by atoms with E-state index in [9.17, 15) is 9.59 Å². The van der Waals surface area contributed by atoms with Crippen LogP contribution in [-0.2, 0) is 9.59 Å². The van der Waals surface area contributed by atoms with Crippen LogP contribution in [0, 0.1) is 5.92 Å². The third kappa shape index (κ3) is 4.86. The second kappa shape index (κ2) is 8.68. The number of carbonyl (C=O) groups is 2. The third-order valence-corrected chi connectivity index (χ3v) is 4.47. The van der Waals surface area contributed by atoms with E-state index < -0.39 is 5.92 Å². The minimum atomic E-state index is -0.439. The van der Waals surface area contributed by atoms with Crippen molar-refractivity contribution < 1.29 is 14.3 Å². The first-order chi connectivity index (χ1) is 13.1. The van der Waals surface area contributed by atoms with E-state index in [2.05, 4.69) is 10.5 Å². The fraction of sp³-hybridized carbons (Fsp3) is 0.250. The first-order valence-electron chi connectivity index (χ1n) is 8.68. The van der Waals surface area contributed by atoms with Crippen LogP contribution in [0.4, 0.5) is 5.69 Å². The molecule has 0 unspecified atom stereocenters. The van der Waals surface area contributed by atoms with E-state index in [0.717, 1.165) is 17.0 Å². The number of halogens is 1. The van der Waals surface area contributed by atoms with Crippen LogP contribution in [0.25, 0.3) is 0 Å². The number of benzene rings is 2. The number of nitrogens with one attached hydrogen (secondary N) is 1. The average Bonchev–Trinajstić information content (AvgIpc) is 3.06. The van der Waals surface area contributed by atoms with Gasteiger partial charge < -0.3 is 9.64 Å². The van der Waals surface area contributed by atoms with Crippen molar-refractivity contribution >= 4 is 35.3 Å². The highest BCUT2D eigenvalue weighted by Crippen LogP contribution is 2.26. The van der Waals surface area contributed by atoms with Crippen LogP contribution in [0.3, 0.4) is 0 Å². The molecule has 1 heterocycles. The van der Waals surface area contributed by atoms with Crippen LogP contribution in [0.5, 0.6) is 5.75 Å². The van der Waals surface area contributed by atoms with Crippen molar-refractivity contribution in [1.82, 2.24) is 5.43 Å². The normalized spacial score (nSPS) is 16.7. The van der Waals surface area contributed by atoms with Gasteiger partial charge in [0, 0.05) is 23.7 Å². The van der Waals surface area contributed by atoms with E-state index >= 15 is 0 Å². The maximum absolute atomic E-state index is 12.3. The predicted octanol–water partition coefficient (Wildman–Crippen LogP) is 3.24. The molecule has 2 amide bonds. The van der Waals surface area contributed by atoms with Crippen molar-refractivity contribution in [2.75, 3.05) is 18.1 Å². The molecule has 1 aliphatic heterocycles. The molecule has 0 aliphatic carbocycles. The van der Waals surface area contributed by atoms with Gasteiger partial charge in [0.2, 0.25) is 11.8 Å². The van der Waals surface area contributed by atoms with Crippen molar-refractivity contribution in [2.45, 2.75) is 13.3 Å². The molecule has 1 aliphatic rings. The number of anilines is 1. The molecule has 0 bridgehead atoms. The summed E-state index contributed by atoms with van der Waals surface area (Å²) >= 11 is 5.88. The molecule has 1 saturated heterocycles. The standard InChI is InChI=1S/C20H20ClN3O3/c1-2-27-18-9-3-14(4-10-18)12-22-23-20(26)15-11-19(25)24(13-15)17-7-5-16(21)6-8-17/h3-10,12,15H,2,11,13H2,1H3,(H,23,26)/b22-12-/t15-/m0/s1. The molecule has 0 saturated carbocycles. The minimum absolute atomic E-state index is 0.0898. The number of amides is 2. The van der Waals surface area contributed by atoms with Gasteiger partial charge in [-0.15, -0.1) is 0 Å². The lowest BCUT2D eigenvalue weighted by molar-refractivity contribution is -0.126. The Balaban J connectivity index is 1.55. The summed E-state index contributed by atoms with van der Waals surface area (Å²) in [6.45, 7) is 2.86. The molecule has 1 fully saturated rings. The summed E-state index contributed by atoms with van der Waals surface area (Å²) in [5.74, 6) is -0.0222. The van der Waals surface area contributed by atoms with Gasteiger partial charge in [0.05, 0.1) is 18.7 Å². The molecule has 0 spiro atoms. The summed E-state index contributed by atoms with van der Waals surface area (Å²) in [5, 5.41) is 4.58. The van der Waals surface area contributed by atoms with Crippen molar-refractivity contribution in [2.24, 2.45) is 11.0 Å². The minimum Gasteiger partial charge on any atom is -0.494 e. The summed E-state index contributed by atoms with van der Waals surface area (Å²) in [4.78, 5) is 26.1. The van der Waals surface area contributed by atoms with Crippen LogP contribution in [0.2, 0.25) is 5.02 Å². The average molecular weight is 386 g/mol. The van der Waals surface area contributed by atoms with Gasteiger partial charge in [-0.2, -0.15) is 5.10 Å². The molecule has 2 aromatic carbocycles. The van der Waals surface area contributed by atoms with E-state index in [1.165, 1.54) is 0 Å².